The zero-order chi connectivity index (χ0) is 10.5. The van der Waals surface area contributed by atoms with Gasteiger partial charge in [-0.1, -0.05) is 44.4 Å². The van der Waals surface area contributed by atoms with E-state index in [0.29, 0.717) is 6.61 Å². The molecular weight excluding hydrogens is 287 g/mol. The molecule has 0 spiro atoms. The molecule has 2 heteroatoms. The molecule has 1 nitrogen and oxygen atoms in total. The minimum atomic E-state index is 0.356. The number of hydrogen-bond acceptors (Lipinski definition) is 1. The summed E-state index contributed by atoms with van der Waals surface area (Å²) in [6.07, 6.45) is 11.1. The first kappa shape index (κ1) is 14.2. The van der Waals surface area contributed by atoms with Crippen LogP contribution < -0.4 is 0 Å². The van der Waals surface area contributed by atoms with Crippen LogP contribution in [0.3, 0.4) is 0 Å². The maximum Gasteiger partial charge on any atom is 0.0431 e. The fourth-order valence-corrected chi connectivity index (χ4v) is 1.70. The Kier molecular flexibility index (Phi) is 13.5. The van der Waals surface area contributed by atoms with Crippen LogP contribution in [0.4, 0.5) is 0 Å². The zero-order valence-corrected chi connectivity index (χ0v) is 11.1. The molecule has 0 heterocycles. The van der Waals surface area contributed by atoms with Gasteiger partial charge in [0, 0.05) is 35.6 Å². The Hall–Kier alpha value is 0.250. The topological polar surface area (TPSA) is 20.2 Å². The Bertz CT molecular complexity index is 157. The van der Waals surface area contributed by atoms with Crippen molar-refractivity contribution in [2.45, 2.75) is 57.8 Å². The molecule has 0 unspecified atom stereocenters. The van der Waals surface area contributed by atoms with Gasteiger partial charge in [0.2, 0.25) is 0 Å². The van der Waals surface area contributed by atoms with Gasteiger partial charge in [-0.15, -0.1) is 0 Å². The summed E-state index contributed by atoms with van der Waals surface area (Å²) in [7, 11) is 0. The third-order valence-electron chi connectivity index (χ3n) is 2.28. The summed E-state index contributed by atoms with van der Waals surface area (Å²) in [5.74, 6) is 3.08. The molecule has 0 bridgehead atoms. The lowest BCUT2D eigenvalue weighted by Crippen LogP contribution is -1.84. The Morgan fingerprint density at radius 1 is 0.786 bits per heavy atom. The zero-order valence-electron chi connectivity index (χ0n) is 8.90. The molecular formula is C12H21IO. The van der Waals surface area contributed by atoms with Gasteiger partial charge >= 0.3 is 0 Å². The molecule has 0 aliphatic heterocycles. The van der Waals surface area contributed by atoms with Crippen LogP contribution in [0.1, 0.15) is 57.8 Å². The molecule has 0 aromatic carbocycles. The van der Waals surface area contributed by atoms with Gasteiger partial charge in [-0.05, 0) is 16.8 Å². The summed E-state index contributed by atoms with van der Waals surface area (Å²) in [6.45, 7) is 0.356. The van der Waals surface area contributed by atoms with Gasteiger partial charge in [-0.2, -0.15) is 0 Å². The lowest BCUT2D eigenvalue weighted by atomic mass is 10.1. The molecule has 0 rings (SSSR count). The highest BCUT2D eigenvalue weighted by molar-refractivity contribution is 14.1. The quantitative estimate of drug-likeness (QED) is 0.389. The average molecular weight is 308 g/mol. The highest BCUT2D eigenvalue weighted by Crippen LogP contribution is 2.09. The predicted octanol–water partition coefficient (Wildman–Crippen LogP) is 3.89. The van der Waals surface area contributed by atoms with Crippen LogP contribution in [0.2, 0.25) is 0 Å². The summed E-state index contributed by atoms with van der Waals surface area (Å²) in [6, 6.07) is 0. The van der Waals surface area contributed by atoms with Gasteiger partial charge in [0.25, 0.3) is 0 Å². The van der Waals surface area contributed by atoms with Crippen molar-refractivity contribution in [3.63, 3.8) is 0 Å². The highest BCUT2D eigenvalue weighted by atomic mass is 127. The first-order chi connectivity index (χ1) is 6.91. The van der Waals surface area contributed by atoms with Crippen molar-refractivity contribution in [1.29, 1.82) is 0 Å². The van der Waals surface area contributed by atoms with Crippen molar-refractivity contribution >= 4 is 22.6 Å². The van der Waals surface area contributed by atoms with Crippen molar-refractivity contribution in [3.8, 4) is 9.85 Å². The van der Waals surface area contributed by atoms with Crippen LogP contribution in [-0.4, -0.2) is 11.7 Å². The standard InChI is InChI=1S/C12H21IO/c13-11-9-7-5-3-1-2-4-6-8-10-12-14/h14H,1-8,10,12H2. The van der Waals surface area contributed by atoms with Crippen molar-refractivity contribution in [2.75, 3.05) is 6.61 Å². The van der Waals surface area contributed by atoms with Crippen LogP contribution in [-0.2, 0) is 0 Å². The van der Waals surface area contributed by atoms with Crippen molar-refractivity contribution in [1.82, 2.24) is 0 Å². The molecule has 0 aromatic heterocycles. The van der Waals surface area contributed by atoms with Gasteiger partial charge < -0.3 is 5.11 Å². The number of unbranched alkanes of at least 4 members (excludes halogenated alkanes) is 8. The van der Waals surface area contributed by atoms with E-state index in [1.165, 1.54) is 44.9 Å². The van der Waals surface area contributed by atoms with E-state index < -0.39 is 0 Å². The van der Waals surface area contributed by atoms with E-state index in [1.54, 1.807) is 0 Å². The fraction of sp³-hybridized carbons (Fsp3) is 0.833. The third-order valence-corrected chi connectivity index (χ3v) is 2.66. The maximum absolute atomic E-state index is 8.58. The summed E-state index contributed by atoms with van der Waals surface area (Å²) < 4.78 is 2.89. The first-order valence-corrected chi connectivity index (χ1v) is 6.69. The minimum Gasteiger partial charge on any atom is -0.396 e. The number of halogens is 1. The van der Waals surface area contributed by atoms with Gasteiger partial charge in [0.1, 0.15) is 0 Å². The van der Waals surface area contributed by atoms with E-state index in [-0.39, 0.29) is 0 Å². The molecule has 0 fully saturated rings. The summed E-state index contributed by atoms with van der Waals surface area (Å²) >= 11 is 2.09. The van der Waals surface area contributed by atoms with Gasteiger partial charge in [-0.25, -0.2) is 0 Å². The second kappa shape index (κ2) is 13.2. The molecule has 0 amide bonds. The largest absolute Gasteiger partial charge is 0.396 e. The van der Waals surface area contributed by atoms with Gasteiger partial charge in [0.05, 0.1) is 0 Å². The molecule has 0 saturated heterocycles. The number of aliphatic hydroxyl groups is 1. The lowest BCUT2D eigenvalue weighted by Gasteiger charge is -1.99. The van der Waals surface area contributed by atoms with Crippen molar-refractivity contribution < 1.29 is 5.11 Å². The minimum absolute atomic E-state index is 0.356. The van der Waals surface area contributed by atoms with E-state index in [4.69, 9.17) is 5.11 Å². The molecule has 0 aromatic rings. The summed E-state index contributed by atoms with van der Waals surface area (Å²) in [5, 5.41) is 8.58. The predicted molar refractivity (Wildman–Crippen MR) is 70.4 cm³/mol. The first-order valence-electron chi connectivity index (χ1n) is 5.61. The molecule has 0 saturated carbocycles. The number of aliphatic hydroxyl groups excluding tert-OH is 1. The monoisotopic (exact) mass is 308 g/mol. The van der Waals surface area contributed by atoms with Crippen molar-refractivity contribution in [3.05, 3.63) is 0 Å². The second-order valence-corrected chi connectivity index (χ2v) is 4.11. The maximum atomic E-state index is 8.58. The van der Waals surface area contributed by atoms with Crippen LogP contribution >= 0.6 is 22.6 Å². The summed E-state index contributed by atoms with van der Waals surface area (Å²) in [5.41, 5.74) is 0. The molecule has 1 N–H and O–H groups in total. The Labute approximate surface area is 102 Å². The van der Waals surface area contributed by atoms with Gasteiger partial charge in [-0.3, -0.25) is 0 Å². The lowest BCUT2D eigenvalue weighted by molar-refractivity contribution is 0.282. The Balaban J connectivity index is 2.87. The third kappa shape index (κ3) is 12.2. The average Bonchev–Trinajstić information content (AvgIpc) is 2.21. The molecule has 82 valence electrons. The number of hydrogen-bond donors (Lipinski definition) is 1. The van der Waals surface area contributed by atoms with E-state index in [1.807, 2.05) is 0 Å². The van der Waals surface area contributed by atoms with Crippen LogP contribution in [0.25, 0.3) is 0 Å². The number of rotatable bonds is 9. The highest BCUT2D eigenvalue weighted by Gasteiger charge is 1.90. The van der Waals surface area contributed by atoms with Crippen LogP contribution in [0.15, 0.2) is 0 Å². The van der Waals surface area contributed by atoms with E-state index in [2.05, 4.69) is 32.4 Å². The van der Waals surface area contributed by atoms with Crippen LogP contribution in [0.5, 0.6) is 0 Å². The van der Waals surface area contributed by atoms with Crippen molar-refractivity contribution in [2.24, 2.45) is 0 Å². The Morgan fingerprint density at radius 2 is 1.29 bits per heavy atom. The van der Waals surface area contributed by atoms with E-state index >= 15 is 0 Å². The van der Waals surface area contributed by atoms with E-state index in [9.17, 15) is 0 Å². The summed E-state index contributed by atoms with van der Waals surface area (Å²) in [4.78, 5) is 0. The molecule has 0 aliphatic rings. The normalized spacial score (nSPS) is 9.57. The smallest absolute Gasteiger partial charge is 0.0431 e. The fourth-order valence-electron chi connectivity index (χ4n) is 1.43. The van der Waals surface area contributed by atoms with Crippen LogP contribution in [0, 0.1) is 9.85 Å². The molecule has 0 atom stereocenters. The molecule has 0 aliphatic carbocycles. The van der Waals surface area contributed by atoms with Gasteiger partial charge in [0.15, 0.2) is 0 Å². The second-order valence-electron chi connectivity index (χ2n) is 3.57. The van der Waals surface area contributed by atoms with E-state index in [0.717, 1.165) is 12.8 Å². The SMILES string of the molecule is OCCCCCCCCCCC#CI. The molecule has 0 radical (unpaired) electrons. The Morgan fingerprint density at radius 3 is 1.79 bits per heavy atom. The molecule has 14 heavy (non-hydrogen) atoms.